The van der Waals surface area contributed by atoms with Crippen molar-refractivity contribution >= 4 is 28.4 Å². The zero-order chi connectivity index (χ0) is 21.4. The number of fused-ring (bicyclic) bond motifs is 4. The summed E-state index contributed by atoms with van der Waals surface area (Å²) in [5.74, 6) is 3.57. The topological polar surface area (TPSA) is 38.8 Å². The van der Waals surface area contributed by atoms with Crippen LogP contribution in [-0.4, -0.2) is 0 Å². The molecule has 0 saturated heterocycles. The summed E-state index contributed by atoms with van der Waals surface area (Å²) < 4.78 is 18.8. The van der Waals surface area contributed by atoms with Crippen molar-refractivity contribution in [3.05, 3.63) is 64.4 Å². The molecule has 1 aliphatic rings. The van der Waals surface area contributed by atoms with Gasteiger partial charge in [0.2, 0.25) is 0 Å². The van der Waals surface area contributed by atoms with Crippen molar-refractivity contribution < 1.29 is 13.6 Å². The van der Waals surface area contributed by atoms with Crippen LogP contribution >= 0.6 is 0 Å². The minimum Gasteiger partial charge on any atom is -0.445 e. The average molecular weight is 402 g/mol. The van der Waals surface area contributed by atoms with Crippen LogP contribution in [0.5, 0.6) is 11.5 Å². The molecular formula is C26H27NO3. The van der Waals surface area contributed by atoms with Crippen LogP contribution < -0.4 is 9.64 Å². The van der Waals surface area contributed by atoms with Crippen LogP contribution in [0, 0.1) is 27.7 Å². The molecule has 5 rings (SSSR count). The molecule has 0 aliphatic carbocycles. The van der Waals surface area contributed by atoms with Crippen molar-refractivity contribution in [2.75, 3.05) is 4.90 Å². The molecule has 3 heterocycles. The highest BCUT2D eigenvalue weighted by Gasteiger charge is 2.36. The molecule has 0 saturated carbocycles. The molecule has 0 N–H and O–H groups in total. The molecule has 154 valence electrons. The fourth-order valence-corrected chi connectivity index (χ4v) is 4.33. The smallest absolute Gasteiger partial charge is 0.251 e. The summed E-state index contributed by atoms with van der Waals surface area (Å²) in [7, 11) is 0. The first kappa shape index (κ1) is 18.9. The SMILES string of the molecule is Cc1cc2c(o1)N(c1c(C)cc(C(C)(C)C)cc1C)c1oc3c(C)cccc3c1O2. The van der Waals surface area contributed by atoms with E-state index in [9.17, 15) is 0 Å². The normalized spacial score (nSPS) is 13.4. The summed E-state index contributed by atoms with van der Waals surface area (Å²) in [6, 6.07) is 12.6. The molecule has 0 radical (unpaired) electrons. The predicted octanol–water partition coefficient (Wildman–Crippen LogP) is 8.13. The second-order valence-electron chi connectivity index (χ2n) is 9.36. The monoisotopic (exact) mass is 401 g/mol. The van der Waals surface area contributed by atoms with Gasteiger partial charge < -0.3 is 13.6 Å². The molecule has 4 aromatic rings. The van der Waals surface area contributed by atoms with E-state index in [1.807, 2.05) is 25.1 Å². The van der Waals surface area contributed by atoms with E-state index < -0.39 is 0 Å². The molecule has 0 atom stereocenters. The molecule has 0 bridgehead atoms. The van der Waals surface area contributed by atoms with Crippen molar-refractivity contribution in [2.45, 2.75) is 53.9 Å². The number of benzene rings is 2. The third-order valence-corrected chi connectivity index (χ3v) is 5.85. The second kappa shape index (κ2) is 6.18. The molecule has 2 aromatic heterocycles. The van der Waals surface area contributed by atoms with Crippen molar-refractivity contribution in [3.8, 4) is 11.5 Å². The Morgan fingerprint density at radius 2 is 1.50 bits per heavy atom. The maximum absolute atomic E-state index is 6.40. The Hall–Kier alpha value is -3.14. The standard InChI is InChI=1S/C26H27NO3/c1-14-9-8-10-19-22(14)30-25-23(19)29-20-13-17(4)28-24(20)27(25)21-15(2)11-18(12-16(21)3)26(5,6)7/h8-13H,1-7H3. The van der Waals surface area contributed by atoms with Gasteiger partial charge in [0.1, 0.15) is 11.3 Å². The fraction of sp³-hybridized carbons (Fsp3) is 0.308. The zero-order valence-electron chi connectivity index (χ0n) is 18.6. The summed E-state index contributed by atoms with van der Waals surface area (Å²) >= 11 is 0. The summed E-state index contributed by atoms with van der Waals surface area (Å²) in [6.45, 7) is 15.0. The van der Waals surface area contributed by atoms with Gasteiger partial charge in [-0.3, -0.25) is 0 Å². The lowest BCUT2D eigenvalue weighted by atomic mass is 9.84. The van der Waals surface area contributed by atoms with Crippen LogP contribution in [-0.2, 0) is 5.41 Å². The second-order valence-corrected chi connectivity index (χ2v) is 9.36. The maximum Gasteiger partial charge on any atom is 0.251 e. The number of rotatable bonds is 1. The number of hydrogen-bond donors (Lipinski definition) is 0. The highest BCUT2D eigenvalue weighted by atomic mass is 16.5. The van der Waals surface area contributed by atoms with Crippen LogP contribution in [0.4, 0.5) is 17.5 Å². The van der Waals surface area contributed by atoms with Gasteiger partial charge in [-0.1, -0.05) is 45.0 Å². The fourth-order valence-electron chi connectivity index (χ4n) is 4.33. The Labute approximate surface area is 177 Å². The molecule has 0 unspecified atom stereocenters. The molecule has 4 nitrogen and oxygen atoms in total. The minimum atomic E-state index is 0.0765. The van der Waals surface area contributed by atoms with Crippen molar-refractivity contribution in [1.29, 1.82) is 0 Å². The number of para-hydroxylation sites is 1. The lowest BCUT2D eigenvalue weighted by molar-refractivity contribution is 0.440. The van der Waals surface area contributed by atoms with Gasteiger partial charge in [0, 0.05) is 6.07 Å². The first-order valence-corrected chi connectivity index (χ1v) is 10.4. The first-order chi connectivity index (χ1) is 14.1. The third kappa shape index (κ3) is 2.67. The van der Waals surface area contributed by atoms with Crippen LogP contribution in [0.25, 0.3) is 11.0 Å². The zero-order valence-corrected chi connectivity index (χ0v) is 18.6. The number of furan rings is 2. The number of aryl methyl sites for hydroxylation is 4. The molecule has 0 fully saturated rings. The predicted molar refractivity (Wildman–Crippen MR) is 121 cm³/mol. The van der Waals surface area contributed by atoms with Gasteiger partial charge in [0.25, 0.3) is 11.8 Å². The van der Waals surface area contributed by atoms with Crippen LogP contribution in [0.3, 0.4) is 0 Å². The highest BCUT2D eigenvalue weighted by Crippen LogP contribution is 2.56. The lowest BCUT2D eigenvalue weighted by Gasteiger charge is -2.30. The number of anilines is 3. The maximum atomic E-state index is 6.40. The lowest BCUT2D eigenvalue weighted by Crippen LogP contribution is -2.18. The van der Waals surface area contributed by atoms with Gasteiger partial charge in [-0.2, -0.15) is 0 Å². The van der Waals surface area contributed by atoms with E-state index in [-0.39, 0.29) is 5.41 Å². The Morgan fingerprint density at radius 1 is 0.800 bits per heavy atom. The van der Waals surface area contributed by atoms with E-state index in [2.05, 4.69) is 64.6 Å². The van der Waals surface area contributed by atoms with Gasteiger partial charge in [-0.15, -0.1) is 0 Å². The quantitative estimate of drug-likeness (QED) is 0.284. The van der Waals surface area contributed by atoms with E-state index in [4.69, 9.17) is 13.6 Å². The van der Waals surface area contributed by atoms with Gasteiger partial charge in [0.05, 0.1) is 11.1 Å². The number of nitrogens with zero attached hydrogens (tertiary/aromatic N) is 1. The number of ether oxygens (including phenoxy) is 1. The molecule has 0 amide bonds. The Morgan fingerprint density at radius 3 is 2.17 bits per heavy atom. The minimum absolute atomic E-state index is 0.0765. The van der Waals surface area contributed by atoms with Gasteiger partial charge in [0.15, 0.2) is 11.5 Å². The third-order valence-electron chi connectivity index (χ3n) is 5.85. The Kier molecular flexibility index (Phi) is 3.88. The summed E-state index contributed by atoms with van der Waals surface area (Å²) in [5, 5.41) is 0.973. The summed E-state index contributed by atoms with van der Waals surface area (Å²) in [4.78, 5) is 2.08. The van der Waals surface area contributed by atoms with Gasteiger partial charge in [-0.25, -0.2) is 4.90 Å². The molecular weight excluding hydrogens is 374 g/mol. The van der Waals surface area contributed by atoms with Crippen molar-refractivity contribution in [2.24, 2.45) is 0 Å². The summed E-state index contributed by atoms with van der Waals surface area (Å²) in [5.41, 5.74) is 6.72. The van der Waals surface area contributed by atoms with Crippen LogP contribution in [0.15, 0.2) is 45.2 Å². The van der Waals surface area contributed by atoms with Gasteiger partial charge >= 0.3 is 0 Å². The molecule has 1 aliphatic heterocycles. The van der Waals surface area contributed by atoms with Crippen molar-refractivity contribution in [3.63, 3.8) is 0 Å². The number of hydrogen-bond acceptors (Lipinski definition) is 4. The van der Waals surface area contributed by atoms with Crippen LogP contribution in [0.2, 0.25) is 0 Å². The molecule has 30 heavy (non-hydrogen) atoms. The van der Waals surface area contributed by atoms with E-state index in [1.165, 1.54) is 16.7 Å². The van der Waals surface area contributed by atoms with Crippen LogP contribution in [0.1, 0.15) is 48.8 Å². The molecule has 0 spiro atoms. The highest BCUT2D eigenvalue weighted by molar-refractivity contribution is 5.97. The Bertz CT molecular complexity index is 1280. The molecule has 4 heteroatoms. The Balaban J connectivity index is 1.81. The largest absolute Gasteiger partial charge is 0.445 e. The first-order valence-electron chi connectivity index (χ1n) is 10.4. The summed E-state index contributed by atoms with van der Waals surface area (Å²) in [6.07, 6.45) is 0. The van der Waals surface area contributed by atoms with E-state index in [0.29, 0.717) is 17.5 Å². The average Bonchev–Trinajstić information content (AvgIpc) is 3.20. The van der Waals surface area contributed by atoms with Gasteiger partial charge in [-0.05, 0) is 61.4 Å². The molecule has 2 aromatic carbocycles. The van der Waals surface area contributed by atoms with E-state index in [0.717, 1.165) is 33.7 Å². The van der Waals surface area contributed by atoms with E-state index in [1.54, 1.807) is 0 Å². The van der Waals surface area contributed by atoms with Crippen molar-refractivity contribution in [1.82, 2.24) is 0 Å². The van der Waals surface area contributed by atoms with E-state index >= 15 is 0 Å².